The Labute approximate surface area is 230 Å². The highest BCUT2D eigenvalue weighted by molar-refractivity contribution is 6.30. The molecule has 2 N–H and O–H groups in total. The first-order valence-electron chi connectivity index (χ1n) is 12.6. The number of rotatable bonds is 11. The minimum atomic E-state index is -4.47. The molecular weight excluding hydrogens is 527 g/mol. The summed E-state index contributed by atoms with van der Waals surface area (Å²) in [5.41, 5.74) is 2.30. The first-order chi connectivity index (χ1) is 18.7. The Balaban J connectivity index is 1.45. The summed E-state index contributed by atoms with van der Waals surface area (Å²) in [6.45, 7) is 2.51. The molecule has 4 rings (SSSR count). The van der Waals surface area contributed by atoms with Crippen LogP contribution in [0.5, 0.6) is 0 Å². The van der Waals surface area contributed by atoms with E-state index in [2.05, 4.69) is 20.7 Å². The van der Waals surface area contributed by atoms with Gasteiger partial charge in [0, 0.05) is 24.0 Å². The van der Waals surface area contributed by atoms with Crippen molar-refractivity contribution in [3.05, 3.63) is 107 Å². The van der Waals surface area contributed by atoms with Gasteiger partial charge in [0.1, 0.15) is 0 Å². The minimum Gasteiger partial charge on any atom is -0.384 e. The molecule has 6 nitrogen and oxygen atoms in total. The highest BCUT2D eigenvalue weighted by Crippen LogP contribution is 2.32. The summed E-state index contributed by atoms with van der Waals surface area (Å²) in [5, 5.41) is 11.2. The van der Waals surface area contributed by atoms with Crippen LogP contribution in [-0.2, 0) is 6.18 Å². The normalized spacial score (nSPS) is 12.2. The summed E-state index contributed by atoms with van der Waals surface area (Å²) < 4.78 is 41.9. The number of carbonyl (C=O) groups is 1. The fraction of sp³-hybridized carbons (Fsp3) is 0.276. The van der Waals surface area contributed by atoms with Gasteiger partial charge >= 0.3 is 6.18 Å². The van der Waals surface area contributed by atoms with Crippen molar-refractivity contribution >= 4 is 23.2 Å². The van der Waals surface area contributed by atoms with Crippen molar-refractivity contribution in [1.82, 2.24) is 20.1 Å². The van der Waals surface area contributed by atoms with Gasteiger partial charge in [0.05, 0.1) is 40.4 Å². The van der Waals surface area contributed by atoms with Gasteiger partial charge in [-0.15, -0.1) is 0 Å². The minimum absolute atomic E-state index is 0.350. The lowest BCUT2D eigenvalue weighted by molar-refractivity contribution is -0.137. The van der Waals surface area contributed by atoms with Crippen LogP contribution in [0.2, 0.25) is 5.02 Å². The third kappa shape index (κ3) is 7.60. The molecule has 1 amide bonds. The fourth-order valence-corrected chi connectivity index (χ4v) is 4.44. The molecule has 0 aliphatic carbocycles. The molecule has 0 unspecified atom stereocenters. The third-order valence-electron chi connectivity index (χ3n) is 6.41. The summed E-state index contributed by atoms with van der Waals surface area (Å²) in [6, 6.07) is 15.4. The van der Waals surface area contributed by atoms with Crippen molar-refractivity contribution in [3.8, 4) is 5.69 Å². The second-order valence-electron chi connectivity index (χ2n) is 9.20. The number of hydrogen-bond acceptors (Lipinski definition) is 4. The van der Waals surface area contributed by atoms with Gasteiger partial charge in [-0.3, -0.25) is 9.78 Å². The molecule has 39 heavy (non-hydrogen) atoms. The Hall–Kier alpha value is -3.85. The molecule has 204 valence electrons. The molecule has 4 aromatic rings. The molecule has 0 fully saturated rings. The Morgan fingerprint density at radius 1 is 1.03 bits per heavy atom. The smallest absolute Gasteiger partial charge is 0.384 e. The maximum absolute atomic E-state index is 13.4. The van der Waals surface area contributed by atoms with E-state index >= 15 is 0 Å². The number of alkyl halides is 3. The van der Waals surface area contributed by atoms with E-state index in [0.29, 0.717) is 28.3 Å². The molecule has 2 heterocycles. The zero-order valence-electron chi connectivity index (χ0n) is 21.4. The lowest BCUT2D eigenvalue weighted by Crippen LogP contribution is -2.29. The van der Waals surface area contributed by atoms with Gasteiger partial charge in [0.2, 0.25) is 0 Å². The van der Waals surface area contributed by atoms with Crippen LogP contribution in [0, 0.1) is 6.92 Å². The molecular formula is C29H29ClF3N5O. The lowest BCUT2D eigenvalue weighted by atomic mass is 9.98. The maximum Gasteiger partial charge on any atom is 0.416 e. The molecule has 0 aliphatic rings. The second-order valence-corrected chi connectivity index (χ2v) is 9.64. The average Bonchev–Trinajstić information content (AvgIpc) is 3.31. The molecule has 2 aromatic carbocycles. The SMILES string of the molecule is Cc1c(C(=O)N[C@@H](CCCCCNc2cccnc2)c2cccc(C(F)(F)F)c2)cnn1-c1ccc(Cl)cc1. The van der Waals surface area contributed by atoms with Crippen LogP contribution in [0.4, 0.5) is 18.9 Å². The molecule has 0 saturated carbocycles. The van der Waals surface area contributed by atoms with E-state index < -0.39 is 23.7 Å². The second kappa shape index (κ2) is 12.8. The van der Waals surface area contributed by atoms with E-state index in [9.17, 15) is 18.0 Å². The van der Waals surface area contributed by atoms with Crippen molar-refractivity contribution in [2.45, 2.75) is 44.8 Å². The summed E-state index contributed by atoms with van der Waals surface area (Å²) in [7, 11) is 0. The number of hydrogen-bond donors (Lipinski definition) is 2. The molecule has 0 radical (unpaired) electrons. The van der Waals surface area contributed by atoms with E-state index in [1.807, 2.05) is 12.1 Å². The molecule has 1 atom stereocenters. The number of aromatic nitrogens is 3. The lowest BCUT2D eigenvalue weighted by Gasteiger charge is -2.21. The molecule has 0 saturated heterocycles. The van der Waals surface area contributed by atoms with Gasteiger partial charge < -0.3 is 10.6 Å². The zero-order chi connectivity index (χ0) is 27.8. The summed E-state index contributed by atoms with van der Waals surface area (Å²) in [5.74, 6) is -0.395. The number of halogens is 4. The summed E-state index contributed by atoms with van der Waals surface area (Å²) >= 11 is 5.98. The van der Waals surface area contributed by atoms with E-state index in [1.54, 1.807) is 54.3 Å². The number of nitrogens with one attached hydrogen (secondary N) is 2. The molecule has 0 bridgehead atoms. The summed E-state index contributed by atoms with van der Waals surface area (Å²) in [4.78, 5) is 17.4. The van der Waals surface area contributed by atoms with Crippen LogP contribution in [0.3, 0.4) is 0 Å². The standard InChI is InChI=1S/C29H29ClF3N5O/c1-20-26(19-36-38(20)25-13-11-23(30)12-14-25)28(39)37-27(21-7-5-8-22(17-21)29(31,32)33)10-3-2-4-16-35-24-9-6-15-34-18-24/h5-9,11-15,17-19,27,35H,2-4,10,16H2,1H3,(H,37,39)/t27-/m0/s1. The van der Waals surface area contributed by atoms with E-state index in [4.69, 9.17) is 11.6 Å². The highest BCUT2D eigenvalue weighted by Gasteiger charge is 2.31. The number of anilines is 1. The third-order valence-corrected chi connectivity index (χ3v) is 6.66. The van der Waals surface area contributed by atoms with Gasteiger partial charge in [-0.2, -0.15) is 18.3 Å². The van der Waals surface area contributed by atoms with Crippen LogP contribution in [0.25, 0.3) is 5.69 Å². The van der Waals surface area contributed by atoms with Gasteiger partial charge in [-0.25, -0.2) is 4.68 Å². The van der Waals surface area contributed by atoms with Crippen molar-refractivity contribution in [3.63, 3.8) is 0 Å². The van der Waals surface area contributed by atoms with E-state index in [-0.39, 0.29) is 0 Å². The average molecular weight is 556 g/mol. The first kappa shape index (κ1) is 28.2. The monoisotopic (exact) mass is 555 g/mol. The predicted octanol–water partition coefficient (Wildman–Crippen LogP) is 7.39. The van der Waals surface area contributed by atoms with Gasteiger partial charge in [-0.05, 0) is 73.9 Å². The Morgan fingerprint density at radius 2 is 1.82 bits per heavy atom. The van der Waals surface area contributed by atoms with Gasteiger partial charge in [0.15, 0.2) is 0 Å². The number of pyridine rings is 1. The van der Waals surface area contributed by atoms with Crippen molar-refractivity contribution in [1.29, 1.82) is 0 Å². The highest BCUT2D eigenvalue weighted by atomic mass is 35.5. The maximum atomic E-state index is 13.4. The number of carbonyl (C=O) groups excluding carboxylic acids is 1. The molecule has 10 heteroatoms. The van der Waals surface area contributed by atoms with Crippen LogP contribution < -0.4 is 10.6 Å². The Kier molecular flexibility index (Phi) is 9.24. The molecule has 0 spiro atoms. The first-order valence-corrected chi connectivity index (χ1v) is 13.0. The predicted molar refractivity (Wildman–Crippen MR) is 146 cm³/mol. The van der Waals surface area contributed by atoms with Crippen LogP contribution in [0.15, 0.2) is 79.3 Å². The van der Waals surface area contributed by atoms with Crippen LogP contribution in [-0.4, -0.2) is 27.2 Å². The van der Waals surface area contributed by atoms with Crippen molar-refractivity contribution in [2.24, 2.45) is 0 Å². The molecule has 2 aromatic heterocycles. The Morgan fingerprint density at radius 3 is 2.54 bits per heavy atom. The Bertz CT molecular complexity index is 1370. The van der Waals surface area contributed by atoms with Crippen molar-refractivity contribution < 1.29 is 18.0 Å². The number of nitrogens with zero attached hydrogens (tertiary/aromatic N) is 3. The quantitative estimate of drug-likeness (QED) is 0.189. The van der Waals surface area contributed by atoms with E-state index in [0.717, 1.165) is 49.3 Å². The van der Waals surface area contributed by atoms with Gasteiger partial charge in [-0.1, -0.05) is 36.6 Å². The van der Waals surface area contributed by atoms with Crippen LogP contribution in [0.1, 0.15) is 58.9 Å². The number of amides is 1. The fourth-order valence-electron chi connectivity index (χ4n) is 4.32. The number of benzene rings is 2. The van der Waals surface area contributed by atoms with Crippen molar-refractivity contribution in [2.75, 3.05) is 11.9 Å². The molecule has 0 aliphatic heterocycles. The van der Waals surface area contributed by atoms with Gasteiger partial charge in [0.25, 0.3) is 5.91 Å². The zero-order valence-corrected chi connectivity index (χ0v) is 22.1. The largest absolute Gasteiger partial charge is 0.416 e. The van der Waals surface area contributed by atoms with Crippen LogP contribution >= 0.6 is 11.6 Å². The number of unbranched alkanes of at least 4 members (excludes halogenated alkanes) is 2. The topological polar surface area (TPSA) is 71.8 Å². The van der Waals surface area contributed by atoms with E-state index in [1.165, 1.54) is 12.3 Å². The summed E-state index contributed by atoms with van der Waals surface area (Å²) in [6.07, 6.45) is 3.36.